The van der Waals surface area contributed by atoms with E-state index in [1.807, 2.05) is 24.3 Å². The fourth-order valence-corrected chi connectivity index (χ4v) is 4.96. The number of fused-ring (bicyclic) bond motifs is 1. The molecule has 0 saturated carbocycles. The number of amides is 1. The highest BCUT2D eigenvalue weighted by Crippen LogP contribution is 2.21. The lowest BCUT2D eigenvalue weighted by Gasteiger charge is -2.36. The van der Waals surface area contributed by atoms with Crippen molar-refractivity contribution in [2.24, 2.45) is 5.92 Å². The highest BCUT2D eigenvalue weighted by Gasteiger charge is 2.23. The second kappa shape index (κ2) is 9.82. The second-order valence-electron chi connectivity index (χ2n) is 8.71. The quantitative estimate of drug-likeness (QED) is 0.531. The topological polar surface area (TPSA) is 76.8 Å². The van der Waals surface area contributed by atoms with Gasteiger partial charge in [-0.25, -0.2) is 4.79 Å². The lowest BCUT2D eigenvalue weighted by molar-refractivity contribution is -0.132. The smallest absolute Gasteiger partial charge is 0.332 e. The van der Waals surface area contributed by atoms with Crippen LogP contribution in [0.2, 0.25) is 0 Å². The number of piperazine rings is 1. The number of anilines is 1. The summed E-state index contributed by atoms with van der Waals surface area (Å²) in [6, 6.07) is 9.65. The summed E-state index contributed by atoms with van der Waals surface area (Å²) in [6.07, 6.45) is 0.729. The highest BCUT2D eigenvalue weighted by molar-refractivity contribution is 7.17. The summed E-state index contributed by atoms with van der Waals surface area (Å²) in [5.74, 6) is 1.08. The summed E-state index contributed by atoms with van der Waals surface area (Å²) >= 11 is 1.31. The maximum absolute atomic E-state index is 13.2. The van der Waals surface area contributed by atoms with Gasteiger partial charge in [-0.3, -0.25) is 18.7 Å². The molecule has 0 spiro atoms. The molecule has 1 saturated heterocycles. The van der Waals surface area contributed by atoms with Crippen molar-refractivity contribution in [3.8, 4) is 5.75 Å². The first-order valence-electron chi connectivity index (χ1n) is 11.3. The zero-order valence-corrected chi connectivity index (χ0v) is 20.1. The Labute approximate surface area is 196 Å². The maximum atomic E-state index is 13.2. The Hall–Kier alpha value is -3.07. The number of nitrogens with zero attached hydrogens (tertiary/aromatic N) is 4. The number of methoxy groups -OCH3 is 1. The summed E-state index contributed by atoms with van der Waals surface area (Å²) in [7, 11) is 1.64. The van der Waals surface area contributed by atoms with Gasteiger partial charge in [0.15, 0.2) is 0 Å². The monoisotopic (exact) mass is 470 g/mol. The van der Waals surface area contributed by atoms with E-state index in [0.29, 0.717) is 48.9 Å². The molecule has 1 aliphatic rings. The Bertz CT molecular complexity index is 1230. The van der Waals surface area contributed by atoms with Gasteiger partial charge in [0.25, 0.3) is 5.56 Å². The van der Waals surface area contributed by atoms with E-state index in [-0.39, 0.29) is 18.0 Å². The summed E-state index contributed by atoms with van der Waals surface area (Å²) in [5.41, 5.74) is 0.969. The molecule has 0 radical (unpaired) electrons. The summed E-state index contributed by atoms with van der Waals surface area (Å²) < 4.78 is 8.49. The number of carbonyl (C=O) groups excluding carboxylic acids is 1. The molecule has 0 atom stereocenters. The Balaban J connectivity index is 1.49. The number of hydrogen-bond donors (Lipinski definition) is 0. The molecule has 0 aliphatic carbocycles. The van der Waals surface area contributed by atoms with Crippen LogP contribution in [-0.2, 0) is 17.9 Å². The van der Waals surface area contributed by atoms with E-state index >= 15 is 0 Å². The third-order valence-electron chi connectivity index (χ3n) is 6.13. The first kappa shape index (κ1) is 23.1. The van der Waals surface area contributed by atoms with Gasteiger partial charge in [-0.15, -0.1) is 11.3 Å². The molecule has 1 fully saturated rings. The van der Waals surface area contributed by atoms with Crippen LogP contribution in [0.4, 0.5) is 5.69 Å². The van der Waals surface area contributed by atoms with E-state index in [9.17, 15) is 14.4 Å². The first-order chi connectivity index (χ1) is 15.9. The van der Waals surface area contributed by atoms with Crippen LogP contribution in [0.25, 0.3) is 10.2 Å². The van der Waals surface area contributed by atoms with Crippen molar-refractivity contribution in [1.29, 1.82) is 0 Å². The molecule has 176 valence electrons. The van der Waals surface area contributed by atoms with Gasteiger partial charge in [0.1, 0.15) is 17.0 Å². The van der Waals surface area contributed by atoms with Crippen molar-refractivity contribution < 1.29 is 9.53 Å². The van der Waals surface area contributed by atoms with Gasteiger partial charge in [0.05, 0.1) is 12.6 Å². The van der Waals surface area contributed by atoms with Crippen molar-refractivity contribution in [2.45, 2.75) is 33.4 Å². The molecule has 2 aromatic heterocycles. The molecule has 0 bridgehead atoms. The molecular formula is C24H30N4O4S. The average molecular weight is 471 g/mol. The fourth-order valence-electron chi connectivity index (χ4n) is 4.11. The Morgan fingerprint density at radius 3 is 2.36 bits per heavy atom. The van der Waals surface area contributed by atoms with E-state index in [1.54, 1.807) is 23.5 Å². The van der Waals surface area contributed by atoms with Crippen molar-refractivity contribution in [1.82, 2.24) is 14.0 Å². The average Bonchev–Trinajstić information content (AvgIpc) is 3.32. The minimum absolute atomic E-state index is 0.0590. The van der Waals surface area contributed by atoms with Gasteiger partial charge in [0, 0.05) is 38.4 Å². The number of ether oxygens (including phenoxy) is 1. The molecule has 33 heavy (non-hydrogen) atoms. The number of rotatable bonds is 7. The number of hydrogen-bond acceptors (Lipinski definition) is 6. The van der Waals surface area contributed by atoms with E-state index in [2.05, 4.69) is 18.7 Å². The van der Waals surface area contributed by atoms with E-state index in [1.165, 1.54) is 20.5 Å². The summed E-state index contributed by atoms with van der Waals surface area (Å²) in [4.78, 5) is 43.1. The molecule has 1 amide bonds. The Kier molecular flexibility index (Phi) is 6.88. The lowest BCUT2D eigenvalue weighted by Crippen LogP contribution is -2.50. The fraction of sp³-hybridized carbons (Fsp3) is 0.458. The minimum atomic E-state index is -0.406. The molecule has 1 aromatic carbocycles. The first-order valence-corrected chi connectivity index (χ1v) is 12.1. The van der Waals surface area contributed by atoms with Crippen LogP contribution < -0.4 is 20.9 Å². The molecule has 3 heterocycles. The predicted molar refractivity (Wildman–Crippen MR) is 132 cm³/mol. The molecule has 4 rings (SSSR count). The number of carbonyl (C=O) groups is 1. The van der Waals surface area contributed by atoms with Gasteiger partial charge in [-0.2, -0.15) is 0 Å². The third-order valence-corrected chi connectivity index (χ3v) is 7.02. The predicted octanol–water partition coefficient (Wildman–Crippen LogP) is 2.63. The van der Waals surface area contributed by atoms with Crippen molar-refractivity contribution in [3.63, 3.8) is 0 Å². The molecule has 0 unspecified atom stereocenters. The molecule has 1 aliphatic heterocycles. The normalized spacial score (nSPS) is 14.3. The number of aromatic nitrogens is 2. The Morgan fingerprint density at radius 2 is 1.73 bits per heavy atom. The molecule has 9 heteroatoms. The van der Waals surface area contributed by atoms with Crippen LogP contribution in [0.1, 0.15) is 20.3 Å². The zero-order valence-electron chi connectivity index (χ0n) is 19.3. The number of benzene rings is 1. The minimum Gasteiger partial charge on any atom is -0.497 e. The summed E-state index contributed by atoms with van der Waals surface area (Å²) in [6.45, 7) is 7.02. The van der Waals surface area contributed by atoms with Gasteiger partial charge in [0.2, 0.25) is 5.91 Å². The van der Waals surface area contributed by atoms with Crippen LogP contribution in [0.15, 0.2) is 45.3 Å². The van der Waals surface area contributed by atoms with Crippen LogP contribution in [-0.4, -0.2) is 53.2 Å². The van der Waals surface area contributed by atoms with Crippen LogP contribution in [0.3, 0.4) is 0 Å². The van der Waals surface area contributed by atoms with Crippen LogP contribution in [0, 0.1) is 5.92 Å². The van der Waals surface area contributed by atoms with Gasteiger partial charge in [-0.1, -0.05) is 13.8 Å². The van der Waals surface area contributed by atoms with Crippen LogP contribution in [0.5, 0.6) is 5.75 Å². The van der Waals surface area contributed by atoms with Gasteiger partial charge < -0.3 is 14.5 Å². The zero-order chi connectivity index (χ0) is 23.5. The van der Waals surface area contributed by atoms with Crippen LogP contribution >= 0.6 is 11.3 Å². The number of thiophene rings is 1. The largest absolute Gasteiger partial charge is 0.497 e. The highest BCUT2D eigenvalue weighted by atomic mass is 32.1. The molecular weight excluding hydrogens is 440 g/mol. The Morgan fingerprint density at radius 1 is 1.03 bits per heavy atom. The van der Waals surface area contributed by atoms with Gasteiger partial charge in [-0.05, 0) is 48.1 Å². The van der Waals surface area contributed by atoms with E-state index in [0.717, 1.165) is 17.9 Å². The SMILES string of the molecule is COc1ccc(N2CCN(C(=O)Cn3c(=O)n(CCC(C)C)c(=O)c4sccc43)CC2)cc1. The molecule has 3 aromatic rings. The van der Waals surface area contributed by atoms with Crippen molar-refractivity contribution >= 4 is 33.1 Å². The molecule has 0 N–H and O–H groups in total. The lowest BCUT2D eigenvalue weighted by atomic mass is 10.1. The third kappa shape index (κ3) is 4.83. The van der Waals surface area contributed by atoms with E-state index in [4.69, 9.17) is 4.74 Å². The van der Waals surface area contributed by atoms with Gasteiger partial charge >= 0.3 is 5.69 Å². The van der Waals surface area contributed by atoms with Crippen molar-refractivity contribution in [3.05, 3.63) is 56.5 Å². The standard InChI is InChI=1S/C24H30N4O4S/c1-17(2)8-10-27-23(30)22-20(9-15-33-22)28(24(27)31)16-21(29)26-13-11-25(12-14-26)18-4-6-19(32-3)7-5-18/h4-7,9,15,17H,8,10-14,16H2,1-3H3. The summed E-state index contributed by atoms with van der Waals surface area (Å²) in [5, 5.41) is 1.80. The van der Waals surface area contributed by atoms with Crippen molar-refractivity contribution in [2.75, 3.05) is 38.2 Å². The second-order valence-corrected chi connectivity index (χ2v) is 9.62. The molecule has 8 nitrogen and oxygen atoms in total. The van der Waals surface area contributed by atoms with E-state index < -0.39 is 5.69 Å². The maximum Gasteiger partial charge on any atom is 0.332 e.